The lowest BCUT2D eigenvalue weighted by Crippen LogP contribution is -2.33. The maximum absolute atomic E-state index is 5.01. The summed E-state index contributed by atoms with van der Waals surface area (Å²) >= 11 is 3.53. The van der Waals surface area contributed by atoms with Crippen molar-refractivity contribution in [1.29, 1.82) is 0 Å². The maximum atomic E-state index is 5.01. The molecule has 0 bridgehead atoms. The second kappa shape index (κ2) is 6.80. The summed E-state index contributed by atoms with van der Waals surface area (Å²) in [7, 11) is 3.92. The van der Waals surface area contributed by atoms with Crippen LogP contribution in [0.3, 0.4) is 0 Å². The second-order valence-corrected chi connectivity index (χ2v) is 4.94. The predicted octanol–water partition coefficient (Wildman–Crippen LogP) is 2.38. The third-order valence-corrected chi connectivity index (χ3v) is 3.47. The third-order valence-electron chi connectivity index (χ3n) is 1.95. The molecular weight excluding hydrogens is 230 g/mol. The van der Waals surface area contributed by atoms with Gasteiger partial charge in [0, 0.05) is 32.1 Å². The van der Waals surface area contributed by atoms with E-state index in [9.17, 15) is 0 Å². The van der Waals surface area contributed by atoms with Crippen molar-refractivity contribution in [3.05, 3.63) is 0 Å². The lowest BCUT2D eigenvalue weighted by atomic mass is 9.96. The van der Waals surface area contributed by atoms with Gasteiger partial charge in [-0.1, -0.05) is 29.8 Å². The molecule has 0 aromatic rings. The summed E-state index contributed by atoms with van der Waals surface area (Å²) in [6.07, 6.45) is 1.12. The number of nitrogens with zero attached hydrogens (tertiary/aromatic N) is 1. The van der Waals surface area contributed by atoms with Gasteiger partial charge in [0.2, 0.25) is 0 Å². The predicted molar refractivity (Wildman–Crippen MR) is 61.6 cm³/mol. The van der Waals surface area contributed by atoms with Crippen molar-refractivity contribution >= 4 is 15.9 Å². The van der Waals surface area contributed by atoms with Crippen molar-refractivity contribution in [3.8, 4) is 0 Å². The molecule has 0 fully saturated rings. The van der Waals surface area contributed by atoms with E-state index in [4.69, 9.17) is 4.74 Å². The molecule has 0 spiro atoms. The molecule has 80 valence electrons. The van der Waals surface area contributed by atoms with Gasteiger partial charge in [0.1, 0.15) is 0 Å². The SMILES string of the molecule is COCCCN(C)CC(C)(C)CBr. The van der Waals surface area contributed by atoms with E-state index < -0.39 is 0 Å². The fraction of sp³-hybridized carbons (Fsp3) is 1.00. The minimum atomic E-state index is 0.363. The van der Waals surface area contributed by atoms with E-state index in [0.29, 0.717) is 5.41 Å². The molecule has 2 nitrogen and oxygen atoms in total. The quantitative estimate of drug-likeness (QED) is 0.509. The molecule has 0 aliphatic heterocycles. The van der Waals surface area contributed by atoms with Crippen molar-refractivity contribution in [2.24, 2.45) is 5.41 Å². The highest BCUT2D eigenvalue weighted by Crippen LogP contribution is 2.18. The molecule has 0 atom stereocenters. The molecule has 0 N–H and O–H groups in total. The van der Waals surface area contributed by atoms with Gasteiger partial charge in [0.25, 0.3) is 0 Å². The fourth-order valence-corrected chi connectivity index (χ4v) is 1.51. The van der Waals surface area contributed by atoms with Crippen molar-refractivity contribution in [1.82, 2.24) is 4.90 Å². The van der Waals surface area contributed by atoms with Crippen LogP contribution in [-0.4, -0.2) is 44.1 Å². The van der Waals surface area contributed by atoms with Crippen molar-refractivity contribution < 1.29 is 4.74 Å². The number of ether oxygens (including phenoxy) is 1. The average Bonchev–Trinajstić information content (AvgIpc) is 2.04. The van der Waals surface area contributed by atoms with Crippen LogP contribution in [-0.2, 0) is 4.74 Å². The van der Waals surface area contributed by atoms with Crippen LogP contribution < -0.4 is 0 Å². The van der Waals surface area contributed by atoms with E-state index in [1.807, 2.05) is 0 Å². The Morgan fingerprint density at radius 1 is 1.38 bits per heavy atom. The molecular formula is C10H22BrNO. The second-order valence-electron chi connectivity index (χ2n) is 4.38. The largest absolute Gasteiger partial charge is 0.385 e. The lowest BCUT2D eigenvalue weighted by Gasteiger charge is -2.28. The highest BCUT2D eigenvalue weighted by Gasteiger charge is 2.17. The zero-order valence-corrected chi connectivity index (χ0v) is 10.9. The van der Waals surface area contributed by atoms with Crippen molar-refractivity contribution in [3.63, 3.8) is 0 Å². The molecule has 0 saturated carbocycles. The Balaban J connectivity index is 3.55. The molecule has 13 heavy (non-hydrogen) atoms. The Morgan fingerprint density at radius 3 is 2.46 bits per heavy atom. The number of halogens is 1. The van der Waals surface area contributed by atoms with Crippen LogP contribution in [0.2, 0.25) is 0 Å². The van der Waals surface area contributed by atoms with E-state index in [2.05, 4.69) is 41.7 Å². The van der Waals surface area contributed by atoms with Gasteiger partial charge in [-0.15, -0.1) is 0 Å². The molecule has 0 heterocycles. The Morgan fingerprint density at radius 2 is 2.00 bits per heavy atom. The van der Waals surface area contributed by atoms with Gasteiger partial charge in [-0.3, -0.25) is 0 Å². The lowest BCUT2D eigenvalue weighted by molar-refractivity contribution is 0.166. The first-order valence-electron chi connectivity index (χ1n) is 4.75. The molecule has 0 aromatic heterocycles. The van der Waals surface area contributed by atoms with Gasteiger partial charge >= 0.3 is 0 Å². The summed E-state index contributed by atoms with van der Waals surface area (Å²) in [5.74, 6) is 0. The number of hydrogen-bond acceptors (Lipinski definition) is 2. The van der Waals surface area contributed by atoms with Gasteiger partial charge in [-0.2, -0.15) is 0 Å². The minimum Gasteiger partial charge on any atom is -0.385 e. The maximum Gasteiger partial charge on any atom is 0.0474 e. The fourth-order valence-electron chi connectivity index (χ4n) is 1.33. The first kappa shape index (κ1) is 13.4. The number of alkyl halides is 1. The molecule has 0 amide bonds. The third kappa shape index (κ3) is 7.47. The first-order chi connectivity index (χ1) is 6.02. The zero-order chi connectivity index (χ0) is 10.3. The molecule has 0 unspecified atom stereocenters. The van der Waals surface area contributed by atoms with Crippen LogP contribution in [0.25, 0.3) is 0 Å². The molecule has 0 aromatic carbocycles. The number of methoxy groups -OCH3 is 1. The monoisotopic (exact) mass is 251 g/mol. The van der Waals surface area contributed by atoms with Crippen LogP contribution in [0.4, 0.5) is 0 Å². The molecule has 0 rings (SSSR count). The average molecular weight is 252 g/mol. The number of rotatable bonds is 7. The van der Waals surface area contributed by atoms with Crippen LogP contribution >= 0.6 is 15.9 Å². The Kier molecular flexibility index (Phi) is 7.00. The van der Waals surface area contributed by atoms with Gasteiger partial charge in [0.05, 0.1) is 0 Å². The van der Waals surface area contributed by atoms with E-state index >= 15 is 0 Å². The topological polar surface area (TPSA) is 12.5 Å². The molecule has 0 radical (unpaired) electrons. The smallest absolute Gasteiger partial charge is 0.0474 e. The van der Waals surface area contributed by atoms with E-state index in [0.717, 1.165) is 31.4 Å². The Labute approximate surface area is 90.8 Å². The van der Waals surface area contributed by atoms with Gasteiger partial charge in [-0.25, -0.2) is 0 Å². The minimum absolute atomic E-state index is 0.363. The molecule has 0 saturated heterocycles. The zero-order valence-electron chi connectivity index (χ0n) is 9.27. The van der Waals surface area contributed by atoms with Gasteiger partial charge < -0.3 is 9.64 Å². The van der Waals surface area contributed by atoms with Gasteiger partial charge in [0.15, 0.2) is 0 Å². The Hall–Kier alpha value is 0.400. The Bertz CT molecular complexity index is 128. The summed E-state index contributed by atoms with van der Waals surface area (Å²) in [5.41, 5.74) is 0.363. The highest BCUT2D eigenvalue weighted by molar-refractivity contribution is 9.09. The van der Waals surface area contributed by atoms with Crippen LogP contribution in [0.15, 0.2) is 0 Å². The normalized spacial score (nSPS) is 12.5. The van der Waals surface area contributed by atoms with Crippen LogP contribution in [0.1, 0.15) is 20.3 Å². The summed E-state index contributed by atoms with van der Waals surface area (Å²) in [6.45, 7) is 7.65. The highest BCUT2D eigenvalue weighted by atomic mass is 79.9. The molecule has 3 heteroatoms. The van der Waals surface area contributed by atoms with Crippen LogP contribution in [0, 0.1) is 5.41 Å². The standard InChI is InChI=1S/C10H22BrNO/c1-10(2,8-11)9-12(3)6-5-7-13-4/h5-9H2,1-4H3. The molecule has 0 aliphatic carbocycles. The van der Waals surface area contributed by atoms with Crippen molar-refractivity contribution in [2.75, 3.05) is 39.2 Å². The van der Waals surface area contributed by atoms with Gasteiger partial charge in [-0.05, 0) is 18.9 Å². The first-order valence-corrected chi connectivity index (χ1v) is 5.87. The van der Waals surface area contributed by atoms with Crippen LogP contribution in [0.5, 0.6) is 0 Å². The summed E-state index contributed by atoms with van der Waals surface area (Å²) < 4.78 is 5.01. The van der Waals surface area contributed by atoms with E-state index in [1.54, 1.807) is 7.11 Å². The summed E-state index contributed by atoms with van der Waals surface area (Å²) in [4.78, 5) is 2.36. The molecule has 0 aliphatic rings. The summed E-state index contributed by atoms with van der Waals surface area (Å²) in [5, 5.41) is 1.05. The van der Waals surface area contributed by atoms with Crippen molar-refractivity contribution in [2.45, 2.75) is 20.3 Å². The van der Waals surface area contributed by atoms with E-state index in [-0.39, 0.29) is 0 Å². The summed E-state index contributed by atoms with van der Waals surface area (Å²) in [6, 6.07) is 0. The van der Waals surface area contributed by atoms with E-state index in [1.165, 1.54) is 0 Å². The number of hydrogen-bond donors (Lipinski definition) is 0.